The van der Waals surface area contributed by atoms with Gasteiger partial charge in [0.05, 0.1) is 12.8 Å². The topological polar surface area (TPSA) is 64.2 Å². The summed E-state index contributed by atoms with van der Waals surface area (Å²) in [6.45, 7) is 2.08. The molecule has 12 heavy (non-hydrogen) atoms. The molecule has 0 spiro atoms. The van der Waals surface area contributed by atoms with Crippen molar-refractivity contribution >= 4 is 29.0 Å². The highest BCUT2D eigenvalue weighted by Gasteiger charge is 2.15. The van der Waals surface area contributed by atoms with Gasteiger partial charge in [-0.15, -0.1) is 0 Å². The van der Waals surface area contributed by atoms with Crippen molar-refractivity contribution in [2.45, 2.75) is 6.92 Å². The van der Waals surface area contributed by atoms with Crippen LogP contribution in [0.5, 0.6) is 5.88 Å². The molecule has 0 aliphatic rings. The molecule has 1 aromatic rings. The predicted molar refractivity (Wildman–Crippen MR) is 49.2 cm³/mol. The van der Waals surface area contributed by atoms with E-state index < -0.39 is 5.97 Å². The van der Waals surface area contributed by atoms with E-state index in [1.165, 1.54) is 6.20 Å². The number of H-pyrrole nitrogens is 1. The average Bonchev–Trinajstić information content (AvgIpc) is 2.51. The molecule has 1 N–H and O–H groups in total. The lowest BCUT2D eigenvalue weighted by molar-refractivity contribution is 0.0525. The summed E-state index contributed by atoms with van der Waals surface area (Å²) in [5.74, 6) is -0.119. The van der Waals surface area contributed by atoms with Crippen LogP contribution in [0.15, 0.2) is 6.20 Å². The van der Waals surface area contributed by atoms with Crippen molar-refractivity contribution in [2.75, 3.05) is 6.61 Å². The maximum Gasteiger partial charge on any atom is 0.345 e. The molecule has 0 atom stereocenters. The highest BCUT2D eigenvalue weighted by molar-refractivity contribution is 14.1. The van der Waals surface area contributed by atoms with Crippen LogP contribution in [0.25, 0.3) is 0 Å². The first kappa shape index (κ1) is 9.30. The number of carbonyl (C=O) groups is 1. The number of nitrogens with zero attached hydrogens (tertiary/aromatic N) is 1. The molecule has 0 unspecified atom stereocenters. The van der Waals surface area contributed by atoms with Crippen LogP contribution >= 0.6 is 23.0 Å². The smallest absolute Gasteiger partial charge is 0.345 e. The minimum Gasteiger partial charge on any atom is -0.462 e. The molecule has 0 saturated heterocycles. The molecule has 0 aliphatic carbocycles. The number of rotatable bonds is 3. The van der Waals surface area contributed by atoms with Gasteiger partial charge in [-0.1, -0.05) is 0 Å². The SMILES string of the molecule is CCOC(=O)c1cn[nH]c1OI. The van der Waals surface area contributed by atoms with E-state index in [0.717, 1.165) is 0 Å². The van der Waals surface area contributed by atoms with E-state index in [4.69, 9.17) is 7.80 Å². The van der Waals surface area contributed by atoms with Gasteiger partial charge in [0.1, 0.15) is 5.56 Å². The highest BCUT2D eigenvalue weighted by atomic mass is 127. The van der Waals surface area contributed by atoms with Crippen molar-refractivity contribution in [1.82, 2.24) is 10.2 Å². The van der Waals surface area contributed by atoms with E-state index in [0.29, 0.717) is 18.1 Å². The number of nitrogens with one attached hydrogen (secondary N) is 1. The summed E-state index contributed by atoms with van der Waals surface area (Å²) in [4.78, 5) is 11.1. The number of hydrogen-bond acceptors (Lipinski definition) is 4. The standard InChI is InChI=1S/C6H7IN2O3/c1-2-11-6(10)4-3-8-9-5(4)12-7/h3H,2H2,1H3,(H,8,9). The maximum atomic E-state index is 11.1. The first-order chi connectivity index (χ1) is 5.79. The molecule has 1 aromatic heterocycles. The molecule has 6 heteroatoms. The van der Waals surface area contributed by atoms with Crippen molar-refractivity contribution in [1.29, 1.82) is 0 Å². The Balaban J connectivity index is 2.79. The summed E-state index contributed by atoms with van der Waals surface area (Å²) in [7, 11) is 0. The molecule has 0 radical (unpaired) electrons. The van der Waals surface area contributed by atoms with Crippen molar-refractivity contribution in [3.05, 3.63) is 11.8 Å². The van der Waals surface area contributed by atoms with Crippen molar-refractivity contribution in [3.8, 4) is 5.88 Å². The van der Waals surface area contributed by atoms with Gasteiger partial charge < -0.3 is 7.80 Å². The van der Waals surface area contributed by atoms with Crippen LogP contribution in [-0.2, 0) is 4.74 Å². The third kappa shape index (κ3) is 1.87. The molecule has 1 rings (SSSR count). The first-order valence-electron chi connectivity index (χ1n) is 3.28. The maximum absolute atomic E-state index is 11.1. The second-order valence-corrected chi connectivity index (χ2v) is 2.35. The molecule has 0 aromatic carbocycles. The van der Waals surface area contributed by atoms with Crippen molar-refractivity contribution < 1.29 is 12.6 Å². The van der Waals surface area contributed by atoms with Gasteiger partial charge in [-0.2, -0.15) is 5.10 Å². The molecular weight excluding hydrogens is 275 g/mol. The molecular formula is C6H7IN2O3. The van der Waals surface area contributed by atoms with Gasteiger partial charge in [0, 0.05) is 0 Å². The largest absolute Gasteiger partial charge is 0.462 e. The number of esters is 1. The van der Waals surface area contributed by atoms with Crippen LogP contribution in [0, 0.1) is 0 Å². The van der Waals surface area contributed by atoms with E-state index in [-0.39, 0.29) is 0 Å². The number of halogens is 1. The molecule has 0 fully saturated rings. The lowest BCUT2D eigenvalue weighted by Gasteiger charge is -1.98. The van der Waals surface area contributed by atoms with Gasteiger partial charge in [0.15, 0.2) is 23.0 Å². The van der Waals surface area contributed by atoms with E-state index in [2.05, 4.69) is 10.2 Å². The average molecular weight is 282 g/mol. The second kappa shape index (κ2) is 4.29. The van der Waals surface area contributed by atoms with Gasteiger partial charge in [-0.25, -0.2) is 9.89 Å². The van der Waals surface area contributed by atoms with Gasteiger partial charge in [-0.05, 0) is 6.92 Å². The van der Waals surface area contributed by atoms with Crippen LogP contribution in [-0.4, -0.2) is 22.8 Å². The molecule has 5 nitrogen and oxygen atoms in total. The van der Waals surface area contributed by atoms with E-state index >= 15 is 0 Å². The third-order valence-electron chi connectivity index (χ3n) is 1.18. The Morgan fingerprint density at radius 3 is 3.17 bits per heavy atom. The van der Waals surface area contributed by atoms with Crippen molar-refractivity contribution in [3.63, 3.8) is 0 Å². The second-order valence-electron chi connectivity index (χ2n) is 1.91. The fourth-order valence-corrected chi connectivity index (χ4v) is 1.02. The zero-order valence-electron chi connectivity index (χ0n) is 6.33. The fraction of sp³-hybridized carbons (Fsp3) is 0.333. The summed E-state index contributed by atoms with van der Waals surface area (Å²) < 4.78 is 9.55. The van der Waals surface area contributed by atoms with Gasteiger partial charge in [-0.3, -0.25) is 0 Å². The van der Waals surface area contributed by atoms with Gasteiger partial charge in [0.25, 0.3) is 0 Å². The van der Waals surface area contributed by atoms with Gasteiger partial charge in [0.2, 0.25) is 5.88 Å². The molecule has 0 saturated carbocycles. The minimum absolute atomic E-state index is 0.311. The molecule has 66 valence electrons. The Bertz CT molecular complexity index is 274. The minimum atomic E-state index is -0.432. The fourth-order valence-electron chi connectivity index (χ4n) is 0.687. The summed E-state index contributed by atoms with van der Waals surface area (Å²) in [5, 5.41) is 6.15. The molecule has 1 heterocycles. The Morgan fingerprint density at radius 2 is 2.58 bits per heavy atom. The lowest BCUT2D eigenvalue weighted by Crippen LogP contribution is -2.04. The number of aromatic nitrogens is 2. The van der Waals surface area contributed by atoms with E-state index in [9.17, 15) is 4.79 Å². The lowest BCUT2D eigenvalue weighted by atomic mass is 10.3. The highest BCUT2D eigenvalue weighted by Crippen LogP contribution is 2.16. The summed E-state index contributed by atoms with van der Waals surface area (Å²) in [5.41, 5.74) is 0.311. The normalized spacial score (nSPS) is 9.50. The third-order valence-corrected chi connectivity index (χ3v) is 1.62. The number of hydrogen-bond donors (Lipinski definition) is 1. The Hall–Kier alpha value is -0.790. The summed E-state index contributed by atoms with van der Waals surface area (Å²) >= 11 is 1.66. The zero-order valence-corrected chi connectivity index (χ0v) is 8.49. The summed E-state index contributed by atoms with van der Waals surface area (Å²) in [6.07, 6.45) is 1.37. The molecule has 0 aliphatic heterocycles. The predicted octanol–water partition coefficient (Wildman–Crippen LogP) is 1.32. The van der Waals surface area contributed by atoms with Gasteiger partial charge >= 0.3 is 5.97 Å². The van der Waals surface area contributed by atoms with Crippen LogP contribution in [0.1, 0.15) is 17.3 Å². The van der Waals surface area contributed by atoms with Crippen LogP contribution in [0.3, 0.4) is 0 Å². The molecule has 0 bridgehead atoms. The monoisotopic (exact) mass is 282 g/mol. The van der Waals surface area contributed by atoms with E-state index in [1.807, 2.05) is 0 Å². The molecule has 0 amide bonds. The van der Waals surface area contributed by atoms with Crippen LogP contribution < -0.4 is 3.07 Å². The Morgan fingerprint density at radius 1 is 1.83 bits per heavy atom. The Kier molecular flexibility index (Phi) is 3.32. The number of aromatic amines is 1. The summed E-state index contributed by atoms with van der Waals surface area (Å²) in [6, 6.07) is 0. The van der Waals surface area contributed by atoms with E-state index in [1.54, 1.807) is 29.9 Å². The number of ether oxygens (including phenoxy) is 1. The number of carbonyl (C=O) groups excluding carboxylic acids is 1. The van der Waals surface area contributed by atoms with Crippen molar-refractivity contribution in [2.24, 2.45) is 0 Å². The quantitative estimate of drug-likeness (QED) is 0.670. The van der Waals surface area contributed by atoms with Crippen LogP contribution in [0.2, 0.25) is 0 Å². The first-order valence-corrected chi connectivity index (χ1v) is 4.16. The zero-order chi connectivity index (χ0) is 8.97. The Labute approximate surface area is 83.1 Å². The van der Waals surface area contributed by atoms with Crippen LogP contribution in [0.4, 0.5) is 0 Å².